The molecule has 0 unspecified atom stereocenters. The van der Waals surface area contributed by atoms with Crippen molar-refractivity contribution < 1.29 is 78.9 Å². The summed E-state index contributed by atoms with van der Waals surface area (Å²) in [7, 11) is 0. The Kier molecular flexibility index (Phi) is 7.07. The monoisotopic (exact) mass is 275 g/mol. The number of benzene rings is 2. The van der Waals surface area contributed by atoms with Crippen molar-refractivity contribution in [2.45, 2.75) is 0 Å². The van der Waals surface area contributed by atoms with Gasteiger partial charge in [-0.3, -0.25) is 0 Å². The van der Waals surface area contributed by atoms with Gasteiger partial charge >= 0.3 is 59.1 Å². The first-order valence-electron chi connectivity index (χ1n) is 4.76. The van der Waals surface area contributed by atoms with Crippen molar-refractivity contribution in [3.8, 4) is 0 Å². The van der Waals surface area contributed by atoms with Gasteiger partial charge in [0.25, 0.3) is 0 Å². The molecule has 7 heteroatoms. The maximum absolute atomic E-state index is 11.0. The van der Waals surface area contributed by atoms with E-state index in [9.17, 15) is 19.8 Å². The first kappa shape index (κ1) is 18.4. The maximum atomic E-state index is 11.0. The summed E-state index contributed by atoms with van der Waals surface area (Å²) in [6.45, 7) is 0. The van der Waals surface area contributed by atoms with E-state index in [0.29, 0.717) is 5.39 Å². The molecule has 0 saturated heterocycles. The standard InChI is InChI=1S/C12H9NO4.2Na/c13-8-5-6-3-1-2-4-7(6)9(11(14)15)10(8)12(16)17;;/h1-5H,13H2,(H,14,15)(H,16,17);;/q;2*+1/p-2. The first-order valence-corrected chi connectivity index (χ1v) is 4.76. The van der Waals surface area contributed by atoms with Crippen LogP contribution in [0.25, 0.3) is 10.8 Å². The van der Waals surface area contributed by atoms with E-state index in [1.165, 1.54) is 12.1 Å². The summed E-state index contributed by atoms with van der Waals surface area (Å²) in [6, 6.07) is 7.82. The van der Waals surface area contributed by atoms with Crippen LogP contribution in [0.2, 0.25) is 0 Å². The molecule has 2 aromatic rings. The molecule has 19 heavy (non-hydrogen) atoms. The van der Waals surface area contributed by atoms with Crippen LogP contribution in [0.4, 0.5) is 5.69 Å². The van der Waals surface area contributed by atoms with Gasteiger partial charge in [-0.2, -0.15) is 0 Å². The van der Waals surface area contributed by atoms with Crippen LogP contribution in [0, 0.1) is 0 Å². The minimum atomic E-state index is -1.63. The number of fused-ring (bicyclic) bond motifs is 1. The Morgan fingerprint density at radius 2 is 1.47 bits per heavy atom. The van der Waals surface area contributed by atoms with E-state index in [1.54, 1.807) is 18.2 Å². The number of aromatic carboxylic acids is 2. The Balaban J connectivity index is 0.00000162. The van der Waals surface area contributed by atoms with Gasteiger partial charge in [-0.25, -0.2) is 0 Å². The second-order valence-corrected chi connectivity index (χ2v) is 3.51. The molecule has 2 aromatic carbocycles. The van der Waals surface area contributed by atoms with Crippen LogP contribution in [-0.4, -0.2) is 11.9 Å². The third kappa shape index (κ3) is 3.51. The van der Waals surface area contributed by atoms with E-state index in [0.717, 1.165) is 0 Å². The number of carbonyl (C=O) groups excluding carboxylic acids is 2. The average molecular weight is 275 g/mol. The van der Waals surface area contributed by atoms with Crippen LogP contribution in [0.3, 0.4) is 0 Å². The minimum absolute atomic E-state index is 0. The Labute approximate surface area is 153 Å². The molecule has 0 bridgehead atoms. The van der Waals surface area contributed by atoms with E-state index < -0.39 is 23.1 Å². The molecule has 0 atom stereocenters. The number of carbonyl (C=O) groups is 2. The Morgan fingerprint density at radius 1 is 0.947 bits per heavy atom. The quantitative estimate of drug-likeness (QED) is 0.433. The van der Waals surface area contributed by atoms with Gasteiger partial charge in [-0.1, -0.05) is 24.3 Å². The summed E-state index contributed by atoms with van der Waals surface area (Å²) >= 11 is 0. The van der Waals surface area contributed by atoms with Crippen molar-refractivity contribution in [3.63, 3.8) is 0 Å². The van der Waals surface area contributed by atoms with Gasteiger partial charge < -0.3 is 25.5 Å². The number of nitrogens with two attached hydrogens (primary N) is 1. The summed E-state index contributed by atoms with van der Waals surface area (Å²) in [4.78, 5) is 21.9. The molecule has 0 aliphatic heterocycles. The fourth-order valence-corrected chi connectivity index (χ4v) is 1.80. The molecule has 0 aliphatic carbocycles. The number of anilines is 1. The summed E-state index contributed by atoms with van der Waals surface area (Å²) in [6.07, 6.45) is 0. The summed E-state index contributed by atoms with van der Waals surface area (Å²) in [5, 5.41) is 22.7. The molecule has 0 aliphatic rings. The van der Waals surface area contributed by atoms with Crippen molar-refractivity contribution in [3.05, 3.63) is 41.5 Å². The molecule has 2 rings (SSSR count). The summed E-state index contributed by atoms with van der Waals surface area (Å²) in [5.41, 5.74) is 4.38. The molecule has 0 saturated carbocycles. The van der Waals surface area contributed by atoms with Crippen molar-refractivity contribution >= 4 is 28.4 Å². The van der Waals surface area contributed by atoms with Gasteiger partial charge in [0.05, 0.1) is 11.9 Å². The van der Waals surface area contributed by atoms with Crippen molar-refractivity contribution in [1.29, 1.82) is 0 Å². The van der Waals surface area contributed by atoms with Gasteiger partial charge in [0, 0.05) is 16.8 Å². The van der Waals surface area contributed by atoms with Gasteiger partial charge in [0.1, 0.15) is 0 Å². The summed E-state index contributed by atoms with van der Waals surface area (Å²) < 4.78 is 0. The first-order chi connectivity index (χ1) is 8.02. The Hall–Kier alpha value is -0.560. The number of rotatable bonds is 2. The predicted molar refractivity (Wildman–Crippen MR) is 57.0 cm³/mol. The number of hydrogen-bond donors (Lipinski definition) is 1. The number of hydrogen-bond acceptors (Lipinski definition) is 5. The van der Waals surface area contributed by atoms with Gasteiger partial charge in [-0.05, 0) is 16.8 Å². The number of carboxylic acids is 2. The van der Waals surface area contributed by atoms with E-state index in [2.05, 4.69) is 0 Å². The molecule has 5 nitrogen and oxygen atoms in total. The largest absolute Gasteiger partial charge is 1.00 e. The number of carboxylic acid groups (broad SMARTS) is 2. The molecule has 0 amide bonds. The maximum Gasteiger partial charge on any atom is 1.00 e. The molecule has 0 spiro atoms. The fraction of sp³-hybridized carbons (Fsp3) is 0. The van der Waals surface area contributed by atoms with Crippen LogP contribution < -0.4 is 75.1 Å². The normalized spacial score (nSPS) is 9.26. The van der Waals surface area contributed by atoms with E-state index in [4.69, 9.17) is 5.73 Å². The van der Waals surface area contributed by atoms with Crippen LogP contribution in [0.1, 0.15) is 20.7 Å². The third-order valence-electron chi connectivity index (χ3n) is 2.49. The van der Waals surface area contributed by atoms with E-state index in [1.807, 2.05) is 0 Å². The third-order valence-corrected chi connectivity index (χ3v) is 2.49. The van der Waals surface area contributed by atoms with Crippen LogP contribution in [-0.2, 0) is 0 Å². The van der Waals surface area contributed by atoms with Crippen molar-refractivity contribution in [2.24, 2.45) is 0 Å². The molecule has 0 heterocycles. The SMILES string of the molecule is Nc1cc2ccccc2c(C(=O)[O-])c1C(=O)[O-].[Na+].[Na+]. The van der Waals surface area contributed by atoms with E-state index in [-0.39, 0.29) is 70.2 Å². The van der Waals surface area contributed by atoms with Crippen molar-refractivity contribution in [2.75, 3.05) is 5.73 Å². The molecular formula is C12H7NNa2O4. The minimum Gasteiger partial charge on any atom is -0.545 e. The van der Waals surface area contributed by atoms with Crippen LogP contribution in [0.5, 0.6) is 0 Å². The molecule has 0 fully saturated rings. The topological polar surface area (TPSA) is 106 Å². The predicted octanol–water partition coefficient (Wildman–Crippen LogP) is -6.84. The molecule has 2 N–H and O–H groups in total. The van der Waals surface area contributed by atoms with Crippen LogP contribution >= 0.6 is 0 Å². The molecular weight excluding hydrogens is 268 g/mol. The zero-order valence-electron chi connectivity index (χ0n) is 10.6. The molecule has 0 aromatic heterocycles. The zero-order chi connectivity index (χ0) is 12.6. The molecule has 86 valence electrons. The average Bonchev–Trinajstić information content (AvgIpc) is 2.26. The second kappa shape index (κ2) is 7.28. The fourth-order valence-electron chi connectivity index (χ4n) is 1.80. The van der Waals surface area contributed by atoms with E-state index >= 15 is 0 Å². The van der Waals surface area contributed by atoms with Crippen molar-refractivity contribution in [1.82, 2.24) is 0 Å². The summed E-state index contributed by atoms with van der Waals surface area (Å²) in [5.74, 6) is -3.22. The Bertz CT molecular complexity index is 643. The molecule has 0 radical (unpaired) electrons. The second-order valence-electron chi connectivity index (χ2n) is 3.51. The van der Waals surface area contributed by atoms with Crippen LogP contribution in [0.15, 0.2) is 30.3 Å². The van der Waals surface area contributed by atoms with Gasteiger partial charge in [0.15, 0.2) is 0 Å². The number of nitrogen functional groups attached to an aromatic ring is 1. The van der Waals surface area contributed by atoms with Gasteiger partial charge in [-0.15, -0.1) is 0 Å². The Morgan fingerprint density at radius 3 is 2.00 bits per heavy atom. The smallest absolute Gasteiger partial charge is 0.545 e. The van der Waals surface area contributed by atoms with Gasteiger partial charge in [0.2, 0.25) is 0 Å². The zero-order valence-corrected chi connectivity index (χ0v) is 14.6.